The van der Waals surface area contributed by atoms with Crippen LogP contribution in [0.3, 0.4) is 0 Å². The Morgan fingerprint density at radius 1 is 1.14 bits per heavy atom. The van der Waals surface area contributed by atoms with Gasteiger partial charge < -0.3 is 14.8 Å². The number of hydrogen-bond acceptors (Lipinski definition) is 3. The first-order valence-electron chi connectivity index (χ1n) is 8.23. The molecular weight excluding hydrogens is 262 g/mol. The highest BCUT2D eigenvalue weighted by molar-refractivity contribution is 5.36. The van der Waals surface area contributed by atoms with Gasteiger partial charge in [-0.15, -0.1) is 0 Å². The summed E-state index contributed by atoms with van der Waals surface area (Å²) in [5.74, 6) is 0.553. The summed E-state index contributed by atoms with van der Waals surface area (Å²) in [7, 11) is 2.02. The van der Waals surface area contributed by atoms with E-state index in [1.54, 1.807) is 0 Å². The van der Waals surface area contributed by atoms with Crippen molar-refractivity contribution in [1.29, 1.82) is 0 Å². The van der Waals surface area contributed by atoms with Crippen molar-refractivity contribution in [3.63, 3.8) is 0 Å². The highest BCUT2D eigenvalue weighted by Gasteiger charge is 2.32. The molecule has 1 aliphatic rings. The zero-order valence-corrected chi connectivity index (χ0v) is 13.6. The number of fused-ring (bicyclic) bond motifs is 1. The van der Waals surface area contributed by atoms with Crippen LogP contribution in [0.5, 0.6) is 0 Å². The molecule has 1 aromatic carbocycles. The molecule has 2 rings (SSSR count). The molecule has 0 aliphatic heterocycles. The minimum atomic E-state index is 0.231. The summed E-state index contributed by atoms with van der Waals surface area (Å²) in [6, 6.07) is 9.00. The largest absolute Gasteiger partial charge is 0.379 e. The van der Waals surface area contributed by atoms with Gasteiger partial charge in [0.15, 0.2) is 0 Å². The normalized spacial score (nSPS) is 24.8. The van der Waals surface area contributed by atoms with Gasteiger partial charge in [-0.2, -0.15) is 0 Å². The Labute approximate surface area is 129 Å². The average Bonchev–Trinajstić information content (AvgIpc) is 2.51. The number of hydrogen-bond donors (Lipinski definition) is 1. The summed E-state index contributed by atoms with van der Waals surface area (Å²) < 4.78 is 11.7. The van der Waals surface area contributed by atoms with Gasteiger partial charge in [-0.1, -0.05) is 44.5 Å². The topological polar surface area (TPSA) is 30.5 Å². The number of likely N-dealkylation sites (N-methyl/N-ethyl adjacent to an activating group) is 1. The fourth-order valence-electron chi connectivity index (χ4n) is 3.17. The molecule has 3 atom stereocenters. The third kappa shape index (κ3) is 4.29. The molecule has 1 aliphatic carbocycles. The number of unbranched alkanes of at least 4 members (excludes halogenated alkanes) is 1. The minimum Gasteiger partial charge on any atom is -0.379 e. The van der Waals surface area contributed by atoms with E-state index in [-0.39, 0.29) is 12.1 Å². The first-order chi connectivity index (χ1) is 10.3. The van der Waals surface area contributed by atoms with Crippen molar-refractivity contribution in [1.82, 2.24) is 5.32 Å². The van der Waals surface area contributed by atoms with Gasteiger partial charge in [0.05, 0.1) is 25.4 Å². The van der Waals surface area contributed by atoms with Crippen molar-refractivity contribution < 1.29 is 9.47 Å². The lowest BCUT2D eigenvalue weighted by Crippen LogP contribution is -2.37. The van der Waals surface area contributed by atoms with Crippen molar-refractivity contribution in [3.05, 3.63) is 35.4 Å². The predicted molar refractivity (Wildman–Crippen MR) is 86.7 cm³/mol. The maximum Gasteiger partial charge on any atom is 0.0776 e. The van der Waals surface area contributed by atoms with E-state index < -0.39 is 0 Å². The van der Waals surface area contributed by atoms with E-state index in [4.69, 9.17) is 9.47 Å². The van der Waals surface area contributed by atoms with Crippen molar-refractivity contribution in [3.8, 4) is 0 Å². The third-order valence-corrected chi connectivity index (χ3v) is 4.33. The number of benzene rings is 1. The zero-order chi connectivity index (χ0) is 15.1. The van der Waals surface area contributed by atoms with Gasteiger partial charge in [-0.05, 0) is 36.9 Å². The molecule has 118 valence electrons. The van der Waals surface area contributed by atoms with Crippen LogP contribution < -0.4 is 5.32 Å². The molecule has 0 amide bonds. The smallest absolute Gasteiger partial charge is 0.0776 e. The molecule has 0 bridgehead atoms. The van der Waals surface area contributed by atoms with E-state index in [1.165, 1.54) is 17.5 Å². The summed E-state index contributed by atoms with van der Waals surface area (Å²) >= 11 is 0. The standard InChI is InChI=1S/C18H29NO2/c1-4-5-10-20-11-12-21-17-13-14(2)15-8-6-7-9-16(15)18(17)19-3/h6-9,14,17-19H,4-5,10-13H2,1-3H3. The van der Waals surface area contributed by atoms with Crippen LogP contribution in [0.25, 0.3) is 0 Å². The van der Waals surface area contributed by atoms with Gasteiger partial charge in [0.2, 0.25) is 0 Å². The van der Waals surface area contributed by atoms with Gasteiger partial charge in [0.25, 0.3) is 0 Å². The molecule has 0 aromatic heterocycles. The van der Waals surface area contributed by atoms with E-state index in [9.17, 15) is 0 Å². The summed E-state index contributed by atoms with van der Waals surface area (Å²) in [6.07, 6.45) is 3.61. The molecule has 3 heteroatoms. The van der Waals surface area contributed by atoms with Crippen LogP contribution in [0.4, 0.5) is 0 Å². The van der Waals surface area contributed by atoms with Crippen LogP contribution in [0.2, 0.25) is 0 Å². The molecule has 1 aromatic rings. The molecule has 3 nitrogen and oxygen atoms in total. The zero-order valence-electron chi connectivity index (χ0n) is 13.6. The molecule has 3 unspecified atom stereocenters. The van der Waals surface area contributed by atoms with Crippen LogP contribution in [-0.2, 0) is 9.47 Å². The van der Waals surface area contributed by atoms with Crippen molar-refractivity contribution >= 4 is 0 Å². The van der Waals surface area contributed by atoms with Gasteiger partial charge in [-0.25, -0.2) is 0 Å². The van der Waals surface area contributed by atoms with Crippen molar-refractivity contribution in [2.75, 3.05) is 26.9 Å². The predicted octanol–water partition coefficient (Wildman–Crippen LogP) is 3.66. The molecule has 0 heterocycles. The van der Waals surface area contributed by atoms with Gasteiger partial charge >= 0.3 is 0 Å². The Morgan fingerprint density at radius 3 is 2.62 bits per heavy atom. The highest BCUT2D eigenvalue weighted by atomic mass is 16.5. The molecule has 0 spiro atoms. The summed E-state index contributed by atoms with van der Waals surface area (Å²) in [5.41, 5.74) is 2.84. The Hall–Kier alpha value is -0.900. The van der Waals surface area contributed by atoms with Crippen molar-refractivity contribution in [2.45, 2.75) is 51.2 Å². The maximum atomic E-state index is 6.11. The first kappa shape index (κ1) is 16.5. The summed E-state index contributed by atoms with van der Waals surface area (Å²) in [6.45, 7) is 6.70. The lowest BCUT2D eigenvalue weighted by atomic mass is 9.79. The van der Waals surface area contributed by atoms with E-state index in [0.717, 1.165) is 19.4 Å². The lowest BCUT2D eigenvalue weighted by Gasteiger charge is -2.36. The molecule has 1 N–H and O–H groups in total. The Kier molecular flexibility index (Phi) is 6.68. The van der Waals surface area contributed by atoms with Crippen LogP contribution in [0.15, 0.2) is 24.3 Å². The Balaban J connectivity index is 1.89. The summed E-state index contributed by atoms with van der Waals surface area (Å²) in [4.78, 5) is 0. The van der Waals surface area contributed by atoms with Gasteiger partial charge in [0, 0.05) is 6.61 Å². The van der Waals surface area contributed by atoms with Crippen molar-refractivity contribution in [2.24, 2.45) is 0 Å². The number of ether oxygens (including phenoxy) is 2. The van der Waals surface area contributed by atoms with Crippen LogP contribution >= 0.6 is 0 Å². The molecule has 0 fully saturated rings. The van der Waals surface area contributed by atoms with Gasteiger partial charge in [-0.3, -0.25) is 0 Å². The molecule has 21 heavy (non-hydrogen) atoms. The number of rotatable bonds is 8. The monoisotopic (exact) mass is 291 g/mol. The highest BCUT2D eigenvalue weighted by Crippen LogP contribution is 2.38. The van der Waals surface area contributed by atoms with E-state index >= 15 is 0 Å². The minimum absolute atomic E-state index is 0.231. The second kappa shape index (κ2) is 8.52. The Morgan fingerprint density at radius 2 is 1.90 bits per heavy atom. The van der Waals surface area contributed by atoms with Crippen LogP contribution in [-0.4, -0.2) is 33.0 Å². The second-order valence-electron chi connectivity index (χ2n) is 5.91. The Bertz CT molecular complexity index is 421. The molecule has 0 radical (unpaired) electrons. The lowest BCUT2D eigenvalue weighted by molar-refractivity contribution is -0.0211. The molecule has 0 saturated heterocycles. The fourth-order valence-corrected chi connectivity index (χ4v) is 3.17. The first-order valence-corrected chi connectivity index (χ1v) is 8.23. The van der Waals surface area contributed by atoms with Gasteiger partial charge in [0.1, 0.15) is 0 Å². The third-order valence-electron chi connectivity index (χ3n) is 4.33. The van der Waals surface area contributed by atoms with E-state index in [0.29, 0.717) is 19.1 Å². The molecule has 0 saturated carbocycles. The molecular formula is C18H29NO2. The second-order valence-corrected chi connectivity index (χ2v) is 5.91. The fraction of sp³-hybridized carbons (Fsp3) is 0.667. The van der Waals surface area contributed by atoms with E-state index in [2.05, 4.69) is 43.4 Å². The number of nitrogens with one attached hydrogen (secondary N) is 1. The quantitative estimate of drug-likeness (QED) is 0.742. The SMILES string of the molecule is CCCCOCCOC1CC(C)c2ccccc2C1NC. The van der Waals surface area contributed by atoms with E-state index in [1.807, 2.05) is 7.05 Å². The van der Waals surface area contributed by atoms with Crippen LogP contribution in [0, 0.1) is 0 Å². The summed E-state index contributed by atoms with van der Waals surface area (Å²) in [5, 5.41) is 3.43. The average molecular weight is 291 g/mol. The van der Waals surface area contributed by atoms with Crippen LogP contribution in [0.1, 0.15) is 56.2 Å². The maximum absolute atomic E-state index is 6.11.